The number of carboxylic acid groups (broad SMARTS) is 1. The topological polar surface area (TPSA) is 113 Å². The van der Waals surface area contributed by atoms with Crippen molar-refractivity contribution in [3.05, 3.63) is 0 Å². The minimum atomic E-state index is -3.26. The van der Waals surface area contributed by atoms with Gasteiger partial charge in [-0.3, -0.25) is 0 Å². The predicted octanol–water partition coefficient (Wildman–Crippen LogP) is 0.362. The highest BCUT2D eigenvalue weighted by atomic mass is 32.2. The zero-order chi connectivity index (χ0) is 15.3. The zero-order valence-electron chi connectivity index (χ0n) is 11.7. The van der Waals surface area contributed by atoms with E-state index >= 15 is 0 Å². The maximum atomic E-state index is 11.6. The van der Waals surface area contributed by atoms with Gasteiger partial charge in [0.1, 0.15) is 15.9 Å². The lowest BCUT2D eigenvalue weighted by molar-refractivity contribution is -0.139. The van der Waals surface area contributed by atoms with E-state index in [1.165, 1.54) is 0 Å². The van der Waals surface area contributed by atoms with Crippen LogP contribution in [-0.4, -0.2) is 49.1 Å². The fraction of sp³-hybridized carbons (Fsp3) is 0.818. The quantitative estimate of drug-likeness (QED) is 0.627. The number of rotatable bonds is 7. The molecule has 0 spiro atoms. The van der Waals surface area contributed by atoms with E-state index in [4.69, 9.17) is 5.11 Å². The largest absolute Gasteiger partial charge is 0.480 e. The molecule has 3 N–H and O–H groups in total. The van der Waals surface area contributed by atoms with Crippen LogP contribution in [0.3, 0.4) is 0 Å². The van der Waals surface area contributed by atoms with Crippen LogP contribution >= 0.6 is 0 Å². The average Bonchev–Trinajstić information content (AvgIpc) is 2.21. The molecule has 8 heteroatoms. The Labute approximate surface area is 113 Å². The van der Waals surface area contributed by atoms with Gasteiger partial charge in [0.2, 0.25) is 0 Å². The molecule has 0 radical (unpaired) electrons. The van der Waals surface area contributed by atoms with Crippen LogP contribution in [0.4, 0.5) is 4.79 Å². The van der Waals surface area contributed by atoms with E-state index in [1.807, 2.05) is 6.92 Å². The van der Waals surface area contributed by atoms with Gasteiger partial charge in [0.25, 0.3) is 0 Å². The van der Waals surface area contributed by atoms with E-state index in [0.717, 1.165) is 6.26 Å². The SMILES string of the molecule is CCC(C)(C)NC(=O)NC(CCS(C)(=O)=O)C(=O)O. The number of carbonyl (C=O) groups is 2. The summed E-state index contributed by atoms with van der Waals surface area (Å²) in [6.07, 6.45) is 1.54. The lowest BCUT2D eigenvalue weighted by Gasteiger charge is -2.25. The van der Waals surface area contributed by atoms with Crippen LogP contribution in [0, 0.1) is 0 Å². The molecule has 0 rings (SSSR count). The van der Waals surface area contributed by atoms with Crippen molar-refractivity contribution in [3.8, 4) is 0 Å². The number of aliphatic carboxylic acids is 1. The van der Waals surface area contributed by atoms with Gasteiger partial charge in [-0.2, -0.15) is 0 Å². The lowest BCUT2D eigenvalue weighted by atomic mass is 10.0. The Bertz CT molecular complexity index is 430. The molecule has 0 heterocycles. The molecule has 0 fully saturated rings. The Morgan fingerprint density at radius 2 is 1.84 bits per heavy atom. The van der Waals surface area contributed by atoms with Crippen LogP contribution < -0.4 is 10.6 Å². The van der Waals surface area contributed by atoms with Gasteiger partial charge in [-0.05, 0) is 26.7 Å². The highest BCUT2D eigenvalue weighted by Crippen LogP contribution is 2.06. The molecule has 0 aromatic rings. The highest BCUT2D eigenvalue weighted by molar-refractivity contribution is 7.90. The van der Waals surface area contributed by atoms with Crippen molar-refractivity contribution >= 4 is 21.8 Å². The molecule has 0 aliphatic carbocycles. The van der Waals surface area contributed by atoms with Gasteiger partial charge in [0, 0.05) is 11.8 Å². The molecule has 112 valence electrons. The summed E-state index contributed by atoms with van der Waals surface area (Å²) in [7, 11) is -3.26. The Morgan fingerprint density at radius 1 is 1.32 bits per heavy atom. The van der Waals surface area contributed by atoms with Crippen LogP contribution in [0.25, 0.3) is 0 Å². The van der Waals surface area contributed by atoms with E-state index < -0.39 is 33.4 Å². The van der Waals surface area contributed by atoms with Crippen molar-refractivity contribution in [2.45, 2.75) is 45.2 Å². The number of sulfone groups is 1. The van der Waals surface area contributed by atoms with E-state index in [9.17, 15) is 18.0 Å². The molecule has 0 aliphatic rings. The molecule has 0 bridgehead atoms. The number of hydrogen-bond acceptors (Lipinski definition) is 4. The molecule has 19 heavy (non-hydrogen) atoms. The molecule has 7 nitrogen and oxygen atoms in total. The van der Waals surface area contributed by atoms with Gasteiger partial charge in [-0.15, -0.1) is 0 Å². The van der Waals surface area contributed by atoms with Gasteiger partial charge in [0.05, 0.1) is 5.75 Å². The van der Waals surface area contributed by atoms with Gasteiger partial charge in [-0.1, -0.05) is 6.92 Å². The number of carboxylic acids is 1. The number of urea groups is 1. The Hall–Kier alpha value is -1.31. The second-order valence-electron chi connectivity index (χ2n) is 5.15. The third-order valence-corrected chi connectivity index (χ3v) is 3.69. The summed E-state index contributed by atoms with van der Waals surface area (Å²) >= 11 is 0. The normalized spacial score (nSPS) is 13.7. The Morgan fingerprint density at radius 3 is 2.21 bits per heavy atom. The number of hydrogen-bond donors (Lipinski definition) is 3. The first kappa shape index (κ1) is 17.7. The second-order valence-corrected chi connectivity index (χ2v) is 7.41. The molecular weight excluding hydrogens is 272 g/mol. The van der Waals surface area contributed by atoms with E-state index in [-0.39, 0.29) is 12.2 Å². The maximum absolute atomic E-state index is 11.6. The van der Waals surface area contributed by atoms with Crippen LogP contribution in [0.2, 0.25) is 0 Å². The number of carbonyl (C=O) groups excluding carboxylic acids is 1. The van der Waals surface area contributed by atoms with Crippen LogP contribution in [0.5, 0.6) is 0 Å². The monoisotopic (exact) mass is 294 g/mol. The van der Waals surface area contributed by atoms with E-state index in [0.29, 0.717) is 6.42 Å². The van der Waals surface area contributed by atoms with Crippen LogP contribution in [0.15, 0.2) is 0 Å². The zero-order valence-corrected chi connectivity index (χ0v) is 12.5. The average molecular weight is 294 g/mol. The minimum Gasteiger partial charge on any atom is -0.480 e. The molecule has 0 aromatic heterocycles. The maximum Gasteiger partial charge on any atom is 0.326 e. The van der Waals surface area contributed by atoms with Crippen molar-refractivity contribution in [1.82, 2.24) is 10.6 Å². The minimum absolute atomic E-state index is 0.159. The second kappa shape index (κ2) is 6.74. The van der Waals surface area contributed by atoms with Gasteiger partial charge in [-0.25, -0.2) is 18.0 Å². The molecule has 2 amide bonds. The summed E-state index contributed by atoms with van der Waals surface area (Å²) in [6, 6.07) is -1.84. The first-order valence-electron chi connectivity index (χ1n) is 5.96. The first-order chi connectivity index (χ1) is 8.47. The fourth-order valence-electron chi connectivity index (χ4n) is 1.18. The summed E-state index contributed by atoms with van der Waals surface area (Å²) in [4.78, 5) is 22.6. The number of nitrogens with one attached hydrogen (secondary N) is 2. The van der Waals surface area contributed by atoms with Crippen molar-refractivity contribution in [3.63, 3.8) is 0 Å². The highest BCUT2D eigenvalue weighted by Gasteiger charge is 2.24. The predicted molar refractivity (Wildman–Crippen MR) is 71.8 cm³/mol. The van der Waals surface area contributed by atoms with Crippen LogP contribution in [-0.2, 0) is 14.6 Å². The molecule has 1 atom stereocenters. The molecule has 0 aromatic carbocycles. The van der Waals surface area contributed by atoms with E-state index in [1.54, 1.807) is 13.8 Å². The fourth-order valence-corrected chi connectivity index (χ4v) is 1.84. The van der Waals surface area contributed by atoms with Crippen molar-refractivity contribution in [2.75, 3.05) is 12.0 Å². The lowest BCUT2D eigenvalue weighted by Crippen LogP contribution is -2.52. The van der Waals surface area contributed by atoms with Gasteiger partial charge in [0.15, 0.2) is 0 Å². The molecular formula is C11H22N2O5S. The third-order valence-electron chi connectivity index (χ3n) is 2.72. The molecule has 0 saturated carbocycles. The smallest absolute Gasteiger partial charge is 0.326 e. The molecule has 0 saturated heterocycles. The van der Waals surface area contributed by atoms with Crippen molar-refractivity contribution in [2.24, 2.45) is 0 Å². The summed E-state index contributed by atoms with van der Waals surface area (Å²) in [5.41, 5.74) is -0.454. The van der Waals surface area contributed by atoms with E-state index in [2.05, 4.69) is 10.6 Å². The van der Waals surface area contributed by atoms with Crippen molar-refractivity contribution < 1.29 is 23.1 Å². The number of amides is 2. The third kappa shape index (κ3) is 8.41. The summed E-state index contributed by atoms with van der Waals surface area (Å²) in [5.74, 6) is -1.55. The first-order valence-corrected chi connectivity index (χ1v) is 8.02. The Kier molecular flexibility index (Phi) is 6.28. The van der Waals surface area contributed by atoms with Crippen LogP contribution in [0.1, 0.15) is 33.6 Å². The summed E-state index contributed by atoms with van der Waals surface area (Å²) < 4.78 is 22.0. The summed E-state index contributed by atoms with van der Waals surface area (Å²) in [6.45, 7) is 5.50. The van der Waals surface area contributed by atoms with Crippen molar-refractivity contribution in [1.29, 1.82) is 0 Å². The standard InChI is InChI=1S/C11H22N2O5S/c1-5-11(2,3)13-10(16)12-8(9(14)15)6-7-19(4,17)18/h8H,5-7H2,1-4H3,(H,14,15)(H2,12,13,16). The molecule has 1 unspecified atom stereocenters. The molecule has 0 aliphatic heterocycles. The van der Waals surface area contributed by atoms with Gasteiger partial charge >= 0.3 is 12.0 Å². The summed E-state index contributed by atoms with van der Waals surface area (Å²) in [5, 5.41) is 13.8. The van der Waals surface area contributed by atoms with Gasteiger partial charge < -0.3 is 15.7 Å². The Balaban J connectivity index is 4.52.